The van der Waals surface area contributed by atoms with Crippen molar-refractivity contribution in [3.63, 3.8) is 0 Å². The Bertz CT molecular complexity index is 900. The van der Waals surface area contributed by atoms with Gasteiger partial charge in [0.2, 0.25) is 6.10 Å². The van der Waals surface area contributed by atoms with Crippen LogP contribution in [0.3, 0.4) is 0 Å². The maximum atomic E-state index is 12.2. The average Bonchev–Trinajstić information content (AvgIpc) is 3.02. The van der Waals surface area contributed by atoms with E-state index in [-0.39, 0.29) is 6.61 Å². The summed E-state index contributed by atoms with van der Waals surface area (Å²) in [6.07, 6.45) is -0.567. The summed E-state index contributed by atoms with van der Waals surface area (Å²) >= 11 is 1.48. The van der Waals surface area contributed by atoms with Gasteiger partial charge < -0.3 is 9.47 Å². The fraction of sp³-hybridized carbons (Fsp3) is 0.167. The van der Waals surface area contributed by atoms with Crippen LogP contribution in [0.5, 0.6) is 0 Å². The van der Waals surface area contributed by atoms with Gasteiger partial charge in [-0.2, -0.15) is 0 Å². The highest BCUT2D eigenvalue weighted by atomic mass is 32.1. The molecule has 0 bridgehead atoms. The van der Waals surface area contributed by atoms with E-state index in [2.05, 4.69) is 4.98 Å². The summed E-state index contributed by atoms with van der Waals surface area (Å²) in [4.78, 5) is 28.6. The summed E-state index contributed by atoms with van der Waals surface area (Å²) in [5, 5.41) is 0.715. The van der Waals surface area contributed by atoms with Crippen molar-refractivity contribution in [2.24, 2.45) is 0 Å². The quantitative estimate of drug-likeness (QED) is 0.686. The number of carbonyl (C=O) groups is 2. The molecule has 5 nitrogen and oxygen atoms in total. The molecule has 1 aliphatic heterocycles. The van der Waals surface area contributed by atoms with E-state index in [0.717, 1.165) is 15.8 Å². The lowest BCUT2D eigenvalue weighted by atomic mass is 9.99. The topological polar surface area (TPSA) is 65.5 Å². The second kappa shape index (κ2) is 6.05. The van der Waals surface area contributed by atoms with Gasteiger partial charge in [0.15, 0.2) is 0 Å². The Balaban J connectivity index is 1.44. The van der Waals surface area contributed by atoms with Crippen LogP contribution in [0, 0.1) is 0 Å². The third kappa shape index (κ3) is 2.76. The SMILES string of the molecule is O=C1OC(C(=O)OCc2nc3ccccc3s2)Cc2ccccc21. The number of cyclic esters (lactones) is 1. The smallest absolute Gasteiger partial charge is 0.348 e. The van der Waals surface area contributed by atoms with Gasteiger partial charge in [-0.1, -0.05) is 30.3 Å². The molecule has 24 heavy (non-hydrogen) atoms. The fourth-order valence-electron chi connectivity index (χ4n) is 2.67. The minimum atomic E-state index is -0.901. The summed E-state index contributed by atoms with van der Waals surface area (Å²) in [5.74, 6) is -1.03. The van der Waals surface area contributed by atoms with Gasteiger partial charge >= 0.3 is 11.9 Å². The van der Waals surface area contributed by atoms with Crippen molar-refractivity contribution >= 4 is 33.5 Å². The first kappa shape index (κ1) is 14.8. The van der Waals surface area contributed by atoms with E-state index in [9.17, 15) is 9.59 Å². The van der Waals surface area contributed by atoms with E-state index in [1.807, 2.05) is 36.4 Å². The molecular formula is C18H13NO4S. The monoisotopic (exact) mass is 339 g/mol. The van der Waals surface area contributed by atoms with Crippen molar-refractivity contribution in [3.8, 4) is 0 Å². The number of rotatable bonds is 3. The first-order valence-electron chi connectivity index (χ1n) is 7.51. The van der Waals surface area contributed by atoms with Gasteiger partial charge in [-0.15, -0.1) is 11.3 Å². The number of hydrogen-bond donors (Lipinski definition) is 0. The maximum absolute atomic E-state index is 12.2. The summed E-state index contributed by atoms with van der Waals surface area (Å²) in [6, 6.07) is 14.9. The summed E-state index contributed by atoms with van der Waals surface area (Å²) < 4.78 is 11.5. The number of fused-ring (bicyclic) bond motifs is 2. The molecule has 1 aromatic heterocycles. The molecule has 0 spiro atoms. The van der Waals surface area contributed by atoms with Crippen LogP contribution in [0.1, 0.15) is 20.9 Å². The van der Waals surface area contributed by atoms with Gasteiger partial charge in [-0.05, 0) is 23.8 Å². The first-order valence-corrected chi connectivity index (χ1v) is 8.32. The normalized spacial score (nSPS) is 16.5. The Labute approximate surface area is 141 Å². The molecule has 0 saturated heterocycles. The molecule has 1 atom stereocenters. The second-order valence-electron chi connectivity index (χ2n) is 5.44. The minimum Gasteiger partial charge on any atom is -0.456 e. The van der Waals surface area contributed by atoms with Crippen LogP contribution < -0.4 is 0 Å². The molecule has 2 heterocycles. The van der Waals surface area contributed by atoms with Crippen LogP contribution in [-0.4, -0.2) is 23.0 Å². The zero-order valence-corrected chi connectivity index (χ0v) is 13.4. The highest BCUT2D eigenvalue weighted by Gasteiger charge is 2.32. The highest BCUT2D eigenvalue weighted by molar-refractivity contribution is 7.18. The average molecular weight is 339 g/mol. The number of thiazole rings is 1. The van der Waals surface area contributed by atoms with Crippen LogP contribution in [0.2, 0.25) is 0 Å². The lowest BCUT2D eigenvalue weighted by Crippen LogP contribution is -2.35. The molecule has 4 rings (SSSR count). The van der Waals surface area contributed by atoms with Crippen molar-refractivity contribution < 1.29 is 19.1 Å². The molecule has 120 valence electrons. The maximum Gasteiger partial charge on any atom is 0.348 e. The molecule has 0 amide bonds. The van der Waals surface area contributed by atoms with E-state index in [4.69, 9.17) is 9.47 Å². The third-order valence-electron chi connectivity index (χ3n) is 3.83. The second-order valence-corrected chi connectivity index (χ2v) is 6.55. The molecule has 0 saturated carbocycles. The summed E-state index contributed by atoms with van der Waals surface area (Å²) in [5.41, 5.74) is 2.19. The van der Waals surface area contributed by atoms with E-state index < -0.39 is 18.0 Å². The van der Waals surface area contributed by atoms with Crippen molar-refractivity contribution in [1.82, 2.24) is 4.98 Å². The molecule has 0 radical (unpaired) electrons. The Hall–Kier alpha value is -2.73. The van der Waals surface area contributed by atoms with Gasteiger partial charge in [0.05, 0.1) is 15.8 Å². The van der Waals surface area contributed by atoms with E-state index in [0.29, 0.717) is 17.0 Å². The Morgan fingerprint density at radius 3 is 2.88 bits per heavy atom. The molecule has 1 aliphatic rings. The molecule has 6 heteroatoms. The lowest BCUT2D eigenvalue weighted by Gasteiger charge is -2.22. The number of para-hydroxylation sites is 1. The minimum absolute atomic E-state index is 0.0773. The van der Waals surface area contributed by atoms with Crippen LogP contribution >= 0.6 is 11.3 Å². The van der Waals surface area contributed by atoms with Crippen molar-refractivity contribution in [3.05, 3.63) is 64.7 Å². The molecule has 1 unspecified atom stereocenters. The number of benzene rings is 2. The van der Waals surface area contributed by atoms with Crippen molar-refractivity contribution in [2.75, 3.05) is 0 Å². The van der Waals surface area contributed by atoms with Crippen LogP contribution in [0.15, 0.2) is 48.5 Å². The molecular weight excluding hydrogens is 326 g/mol. The molecule has 0 fully saturated rings. The van der Waals surface area contributed by atoms with Gasteiger partial charge in [-0.25, -0.2) is 14.6 Å². The van der Waals surface area contributed by atoms with Gasteiger partial charge in [-0.3, -0.25) is 0 Å². The standard InChI is InChI=1S/C18H13NO4S/c20-17-12-6-2-1-5-11(12)9-14(23-17)18(21)22-10-16-19-13-7-3-4-8-15(13)24-16/h1-8,14H,9-10H2. The van der Waals surface area contributed by atoms with Crippen molar-refractivity contribution in [2.45, 2.75) is 19.1 Å². The molecule has 2 aromatic carbocycles. The van der Waals surface area contributed by atoms with Gasteiger partial charge in [0, 0.05) is 6.42 Å². The van der Waals surface area contributed by atoms with Crippen LogP contribution in [0.4, 0.5) is 0 Å². The summed E-state index contributed by atoms with van der Waals surface area (Å²) in [6.45, 7) is 0.0773. The Kier molecular flexibility index (Phi) is 3.74. The van der Waals surface area contributed by atoms with Gasteiger partial charge in [0.25, 0.3) is 0 Å². The zero-order chi connectivity index (χ0) is 16.5. The Morgan fingerprint density at radius 1 is 1.21 bits per heavy atom. The number of nitrogens with zero attached hydrogens (tertiary/aromatic N) is 1. The number of aromatic nitrogens is 1. The highest BCUT2D eigenvalue weighted by Crippen LogP contribution is 2.24. The third-order valence-corrected chi connectivity index (χ3v) is 4.84. The van der Waals surface area contributed by atoms with Crippen LogP contribution in [-0.2, 0) is 27.3 Å². The Morgan fingerprint density at radius 2 is 2.00 bits per heavy atom. The molecule has 3 aromatic rings. The van der Waals surface area contributed by atoms with E-state index in [1.165, 1.54) is 11.3 Å². The molecule has 0 aliphatic carbocycles. The van der Waals surface area contributed by atoms with E-state index in [1.54, 1.807) is 12.1 Å². The largest absolute Gasteiger partial charge is 0.456 e. The predicted molar refractivity (Wildman–Crippen MR) is 88.8 cm³/mol. The number of hydrogen-bond acceptors (Lipinski definition) is 6. The predicted octanol–water partition coefficient (Wildman–Crippen LogP) is 3.12. The zero-order valence-electron chi connectivity index (χ0n) is 12.6. The van der Waals surface area contributed by atoms with Gasteiger partial charge in [0.1, 0.15) is 11.6 Å². The number of ether oxygens (including phenoxy) is 2. The first-order chi connectivity index (χ1) is 11.7. The number of carbonyl (C=O) groups excluding carboxylic acids is 2. The van der Waals surface area contributed by atoms with Crippen LogP contribution in [0.25, 0.3) is 10.2 Å². The molecule has 0 N–H and O–H groups in total. The van der Waals surface area contributed by atoms with E-state index >= 15 is 0 Å². The van der Waals surface area contributed by atoms with Crippen molar-refractivity contribution in [1.29, 1.82) is 0 Å². The lowest BCUT2D eigenvalue weighted by molar-refractivity contribution is -0.155. The fourth-order valence-corrected chi connectivity index (χ4v) is 3.55. The number of esters is 2. The summed E-state index contributed by atoms with van der Waals surface area (Å²) in [7, 11) is 0.